The summed E-state index contributed by atoms with van der Waals surface area (Å²) in [5.74, 6) is 3.02. The third-order valence-corrected chi connectivity index (χ3v) is 5.85. The van der Waals surface area contributed by atoms with Crippen molar-refractivity contribution in [2.24, 2.45) is 16.8 Å². The lowest BCUT2D eigenvalue weighted by Crippen LogP contribution is -2.46. The summed E-state index contributed by atoms with van der Waals surface area (Å²) in [5.41, 5.74) is 1.18. The van der Waals surface area contributed by atoms with Gasteiger partial charge in [0.15, 0.2) is 5.96 Å². The largest absolute Gasteiger partial charge is 0.493 e. The van der Waals surface area contributed by atoms with Gasteiger partial charge in [-0.1, -0.05) is 39.8 Å². The summed E-state index contributed by atoms with van der Waals surface area (Å²) >= 11 is 0. The first kappa shape index (κ1) is 25.0. The topological polar surface area (TPSA) is 66.0 Å². The highest BCUT2D eigenvalue weighted by atomic mass is 16.5. The second-order valence-corrected chi connectivity index (χ2v) is 9.59. The minimum Gasteiger partial charge on any atom is -0.493 e. The van der Waals surface area contributed by atoms with Gasteiger partial charge < -0.3 is 20.3 Å². The summed E-state index contributed by atoms with van der Waals surface area (Å²) in [6.07, 6.45) is 2.68. The van der Waals surface area contributed by atoms with E-state index >= 15 is 0 Å². The Bertz CT molecular complexity index is 705. The fourth-order valence-corrected chi connectivity index (χ4v) is 3.77. The standard InChI is InChI=1S/C25H42N4O2/c1-7-27-24(29-14-12-20(13-15-29)16-23(30)26-6)28-18-25(4,5)21-8-10-22(11-9-21)31-17-19(2)3/h8-11,19-20H,7,12-18H2,1-6H3,(H,26,30)(H,27,28). The fraction of sp³-hybridized carbons (Fsp3) is 0.680. The predicted octanol–water partition coefficient (Wildman–Crippen LogP) is 3.81. The monoisotopic (exact) mass is 430 g/mol. The van der Waals surface area contributed by atoms with Crippen LogP contribution in [0.2, 0.25) is 0 Å². The van der Waals surface area contributed by atoms with Crippen molar-refractivity contribution in [3.8, 4) is 5.75 Å². The van der Waals surface area contributed by atoms with Crippen LogP contribution in [0.3, 0.4) is 0 Å². The van der Waals surface area contributed by atoms with Crippen molar-refractivity contribution >= 4 is 11.9 Å². The Morgan fingerprint density at radius 3 is 2.42 bits per heavy atom. The molecule has 174 valence electrons. The van der Waals surface area contributed by atoms with Gasteiger partial charge >= 0.3 is 0 Å². The number of aliphatic imine (C=N–C) groups is 1. The molecule has 1 amide bonds. The van der Waals surface area contributed by atoms with E-state index in [-0.39, 0.29) is 11.3 Å². The van der Waals surface area contributed by atoms with E-state index in [4.69, 9.17) is 9.73 Å². The van der Waals surface area contributed by atoms with Crippen LogP contribution >= 0.6 is 0 Å². The number of ether oxygens (including phenoxy) is 1. The van der Waals surface area contributed by atoms with Gasteiger partial charge in [0.1, 0.15) is 5.75 Å². The van der Waals surface area contributed by atoms with E-state index in [2.05, 4.69) is 74.4 Å². The Labute approximate surface area is 188 Å². The first-order valence-corrected chi connectivity index (χ1v) is 11.7. The lowest BCUT2D eigenvalue weighted by atomic mass is 9.85. The minimum atomic E-state index is -0.0746. The van der Waals surface area contributed by atoms with Crippen molar-refractivity contribution in [2.45, 2.75) is 59.3 Å². The van der Waals surface area contributed by atoms with Gasteiger partial charge in [0.25, 0.3) is 0 Å². The van der Waals surface area contributed by atoms with Crippen LogP contribution in [0.5, 0.6) is 5.75 Å². The molecule has 0 bridgehead atoms. The molecule has 1 aliphatic rings. The number of rotatable bonds is 9. The number of nitrogens with zero attached hydrogens (tertiary/aromatic N) is 2. The lowest BCUT2D eigenvalue weighted by Gasteiger charge is -2.34. The van der Waals surface area contributed by atoms with Gasteiger partial charge in [0.05, 0.1) is 13.2 Å². The molecule has 1 aromatic rings. The maximum Gasteiger partial charge on any atom is 0.220 e. The molecule has 31 heavy (non-hydrogen) atoms. The number of benzene rings is 1. The van der Waals surface area contributed by atoms with Crippen LogP contribution in [0.4, 0.5) is 0 Å². The smallest absolute Gasteiger partial charge is 0.220 e. The van der Waals surface area contributed by atoms with Gasteiger partial charge in [-0.3, -0.25) is 9.79 Å². The third kappa shape index (κ3) is 8.08. The number of carbonyl (C=O) groups is 1. The van der Waals surface area contributed by atoms with Crippen molar-refractivity contribution in [3.63, 3.8) is 0 Å². The molecule has 2 rings (SSSR count). The van der Waals surface area contributed by atoms with Gasteiger partial charge in [0.2, 0.25) is 5.91 Å². The van der Waals surface area contributed by atoms with E-state index in [0.717, 1.165) is 50.8 Å². The van der Waals surface area contributed by atoms with Crippen molar-refractivity contribution in [1.29, 1.82) is 0 Å². The summed E-state index contributed by atoms with van der Waals surface area (Å²) in [4.78, 5) is 19.0. The predicted molar refractivity (Wildman–Crippen MR) is 129 cm³/mol. The summed E-state index contributed by atoms with van der Waals surface area (Å²) in [5, 5.41) is 6.19. The quantitative estimate of drug-likeness (QED) is 0.462. The highest BCUT2D eigenvalue weighted by molar-refractivity contribution is 5.80. The number of hydrogen-bond acceptors (Lipinski definition) is 3. The van der Waals surface area contributed by atoms with E-state index in [1.807, 2.05) is 0 Å². The second-order valence-electron chi connectivity index (χ2n) is 9.59. The minimum absolute atomic E-state index is 0.0746. The fourth-order valence-electron chi connectivity index (χ4n) is 3.77. The molecule has 0 atom stereocenters. The molecule has 1 saturated heterocycles. The normalized spacial score (nSPS) is 15.8. The zero-order chi connectivity index (χ0) is 22.9. The van der Waals surface area contributed by atoms with Gasteiger partial charge in [-0.2, -0.15) is 0 Å². The Morgan fingerprint density at radius 2 is 1.87 bits per heavy atom. The Kier molecular flexibility index (Phi) is 9.66. The summed E-state index contributed by atoms with van der Waals surface area (Å²) in [7, 11) is 1.71. The molecule has 0 saturated carbocycles. The Morgan fingerprint density at radius 1 is 1.23 bits per heavy atom. The van der Waals surface area contributed by atoms with E-state index in [1.165, 1.54) is 5.56 Å². The number of piperidine rings is 1. The van der Waals surface area contributed by atoms with E-state index in [1.54, 1.807) is 7.05 Å². The molecule has 1 heterocycles. The van der Waals surface area contributed by atoms with E-state index in [9.17, 15) is 4.79 Å². The average Bonchev–Trinajstić information content (AvgIpc) is 2.76. The lowest BCUT2D eigenvalue weighted by molar-refractivity contribution is -0.121. The molecule has 0 unspecified atom stereocenters. The highest BCUT2D eigenvalue weighted by Gasteiger charge is 2.25. The SMILES string of the molecule is CCNC(=NCC(C)(C)c1ccc(OCC(C)C)cc1)N1CCC(CC(=O)NC)CC1. The van der Waals surface area contributed by atoms with Crippen LogP contribution in [0.15, 0.2) is 29.3 Å². The molecule has 0 radical (unpaired) electrons. The number of nitrogens with one attached hydrogen (secondary N) is 2. The first-order chi connectivity index (χ1) is 14.7. The van der Waals surface area contributed by atoms with E-state index in [0.29, 0.717) is 24.8 Å². The molecule has 1 fully saturated rings. The molecule has 1 aliphatic heterocycles. The molecule has 6 heteroatoms. The van der Waals surface area contributed by atoms with Gasteiger partial charge in [-0.05, 0) is 49.3 Å². The first-order valence-electron chi connectivity index (χ1n) is 11.7. The molecule has 2 N–H and O–H groups in total. The third-order valence-electron chi connectivity index (χ3n) is 5.85. The number of amides is 1. The van der Waals surface area contributed by atoms with Gasteiger partial charge in [-0.15, -0.1) is 0 Å². The molecule has 0 aromatic heterocycles. The molecule has 6 nitrogen and oxygen atoms in total. The van der Waals surface area contributed by atoms with Crippen LogP contribution in [-0.4, -0.2) is 56.6 Å². The van der Waals surface area contributed by atoms with E-state index < -0.39 is 0 Å². The highest BCUT2D eigenvalue weighted by Crippen LogP contribution is 2.26. The second kappa shape index (κ2) is 12.0. The van der Waals surface area contributed by atoms with Crippen LogP contribution < -0.4 is 15.4 Å². The van der Waals surface area contributed by atoms with Crippen molar-refractivity contribution in [1.82, 2.24) is 15.5 Å². The molecular formula is C25H42N4O2. The Balaban J connectivity index is 1.98. The molecule has 0 aliphatic carbocycles. The number of likely N-dealkylation sites (tertiary alicyclic amines) is 1. The molecule has 0 spiro atoms. The number of carbonyl (C=O) groups excluding carboxylic acids is 1. The Hall–Kier alpha value is -2.24. The van der Waals surface area contributed by atoms with Crippen molar-refractivity contribution in [3.05, 3.63) is 29.8 Å². The summed E-state index contributed by atoms with van der Waals surface area (Å²) in [6, 6.07) is 8.43. The van der Waals surface area contributed by atoms with Crippen LogP contribution in [0.25, 0.3) is 0 Å². The van der Waals surface area contributed by atoms with Crippen molar-refractivity contribution < 1.29 is 9.53 Å². The zero-order valence-corrected chi connectivity index (χ0v) is 20.3. The number of hydrogen-bond donors (Lipinski definition) is 2. The van der Waals surface area contributed by atoms with Crippen LogP contribution in [0, 0.1) is 11.8 Å². The van der Waals surface area contributed by atoms with Gasteiger partial charge in [0, 0.05) is 38.5 Å². The van der Waals surface area contributed by atoms with Gasteiger partial charge in [-0.25, -0.2) is 0 Å². The maximum atomic E-state index is 11.7. The van der Waals surface area contributed by atoms with Crippen LogP contribution in [-0.2, 0) is 10.2 Å². The summed E-state index contributed by atoms with van der Waals surface area (Å²) in [6.45, 7) is 15.1. The summed E-state index contributed by atoms with van der Waals surface area (Å²) < 4.78 is 5.82. The van der Waals surface area contributed by atoms with Crippen molar-refractivity contribution in [2.75, 3.05) is 39.8 Å². The zero-order valence-electron chi connectivity index (χ0n) is 20.3. The molecule has 1 aromatic carbocycles. The number of guanidine groups is 1. The van der Waals surface area contributed by atoms with Crippen LogP contribution in [0.1, 0.15) is 59.4 Å². The average molecular weight is 431 g/mol. The molecular weight excluding hydrogens is 388 g/mol. The maximum absolute atomic E-state index is 11.7.